The third-order valence-electron chi connectivity index (χ3n) is 5.89. The number of ether oxygens (including phenoxy) is 2. The Morgan fingerprint density at radius 1 is 1.25 bits per heavy atom. The van der Waals surface area contributed by atoms with Crippen LogP contribution in [0.1, 0.15) is 35.6 Å². The molecule has 0 aliphatic carbocycles. The highest BCUT2D eigenvalue weighted by Gasteiger charge is 2.32. The van der Waals surface area contributed by atoms with Crippen LogP contribution < -0.4 is 15.5 Å². The molecule has 2 aromatic carbocycles. The summed E-state index contributed by atoms with van der Waals surface area (Å²) in [7, 11) is 3.43. The molecule has 0 spiro atoms. The van der Waals surface area contributed by atoms with Crippen LogP contribution in [0.15, 0.2) is 42.5 Å². The van der Waals surface area contributed by atoms with Crippen molar-refractivity contribution >= 4 is 11.8 Å². The average Bonchev–Trinajstić information content (AvgIpc) is 2.71. The van der Waals surface area contributed by atoms with Gasteiger partial charge in [0.15, 0.2) is 0 Å². The van der Waals surface area contributed by atoms with Crippen LogP contribution in [-0.2, 0) is 17.8 Å². The number of hydrogen-bond acceptors (Lipinski definition) is 5. The zero-order valence-electron chi connectivity index (χ0n) is 16.4. The lowest BCUT2D eigenvalue weighted by Crippen LogP contribution is -2.44. The summed E-state index contributed by atoms with van der Waals surface area (Å²) in [6.45, 7) is 1.17. The predicted molar refractivity (Wildman–Crippen MR) is 108 cm³/mol. The number of hydrazine groups is 1. The Bertz CT molecular complexity index is 856. The van der Waals surface area contributed by atoms with Gasteiger partial charge in [0.25, 0.3) is 0 Å². The van der Waals surface area contributed by atoms with Crippen molar-refractivity contribution in [2.75, 3.05) is 25.6 Å². The average molecular weight is 381 g/mol. The van der Waals surface area contributed by atoms with E-state index in [4.69, 9.17) is 15.3 Å². The van der Waals surface area contributed by atoms with E-state index in [1.165, 1.54) is 5.56 Å². The highest BCUT2D eigenvalue weighted by atomic mass is 16.6. The number of carbonyl (C=O) groups is 1. The molecule has 1 saturated heterocycles. The van der Waals surface area contributed by atoms with E-state index in [2.05, 4.69) is 30.3 Å². The van der Waals surface area contributed by atoms with E-state index in [9.17, 15) is 4.79 Å². The number of benzene rings is 2. The summed E-state index contributed by atoms with van der Waals surface area (Å²) < 4.78 is 10.9. The van der Waals surface area contributed by atoms with Gasteiger partial charge in [-0.05, 0) is 48.4 Å². The Labute approximate surface area is 165 Å². The molecule has 0 saturated carbocycles. The fourth-order valence-corrected chi connectivity index (χ4v) is 4.48. The third-order valence-corrected chi connectivity index (χ3v) is 5.89. The summed E-state index contributed by atoms with van der Waals surface area (Å²) in [5.41, 5.74) is 4.20. The fourth-order valence-electron chi connectivity index (χ4n) is 4.48. The van der Waals surface area contributed by atoms with Crippen molar-refractivity contribution in [1.29, 1.82) is 0 Å². The van der Waals surface area contributed by atoms with Gasteiger partial charge in [-0.25, -0.2) is 9.80 Å². The number of methoxy groups -OCH3 is 1. The highest BCUT2D eigenvalue weighted by Crippen LogP contribution is 2.40. The van der Waals surface area contributed by atoms with Crippen LogP contribution in [0.5, 0.6) is 5.75 Å². The van der Waals surface area contributed by atoms with Crippen LogP contribution in [0.4, 0.5) is 10.5 Å². The molecule has 0 unspecified atom stereocenters. The van der Waals surface area contributed by atoms with Gasteiger partial charge in [0.1, 0.15) is 12.4 Å². The molecule has 2 N–H and O–H groups in total. The second-order valence-corrected chi connectivity index (χ2v) is 7.61. The van der Waals surface area contributed by atoms with E-state index in [1.807, 2.05) is 17.1 Å². The molecule has 0 aromatic heterocycles. The number of rotatable bonds is 4. The van der Waals surface area contributed by atoms with E-state index in [-0.39, 0.29) is 18.7 Å². The van der Waals surface area contributed by atoms with E-state index in [0.29, 0.717) is 5.92 Å². The van der Waals surface area contributed by atoms with Crippen molar-refractivity contribution in [3.05, 3.63) is 59.2 Å². The fraction of sp³-hybridized carbons (Fsp3) is 0.409. The SMILES string of the molecule is COc1cc2c(cc1C[C@@H]1CCCN(N)[C@@H]1c1ccccc1)N(C)C(=O)OC2. The first-order valence-electron chi connectivity index (χ1n) is 9.75. The molecule has 1 fully saturated rings. The van der Waals surface area contributed by atoms with Crippen LogP contribution in [0.2, 0.25) is 0 Å². The minimum Gasteiger partial charge on any atom is -0.496 e. The molecule has 4 rings (SSSR count). The lowest BCUT2D eigenvalue weighted by atomic mass is 9.81. The van der Waals surface area contributed by atoms with Crippen molar-refractivity contribution < 1.29 is 14.3 Å². The molecule has 0 bridgehead atoms. The number of nitrogens with zero attached hydrogens (tertiary/aromatic N) is 2. The first kappa shape index (κ1) is 18.8. The smallest absolute Gasteiger partial charge is 0.414 e. The maximum Gasteiger partial charge on any atom is 0.414 e. The number of hydrogen-bond donors (Lipinski definition) is 1. The molecule has 148 valence electrons. The minimum absolute atomic E-state index is 0.165. The molecular weight excluding hydrogens is 354 g/mol. The number of cyclic esters (lactones) is 1. The second kappa shape index (κ2) is 7.81. The molecular formula is C22H27N3O3. The largest absolute Gasteiger partial charge is 0.496 e. The minimum atomic E-state index is -0.323. The maximum atomic E-state index is 11.9. The number of piperidine rings is 1. The topological polar surface area (TPSA) is 68.0 Å². The first-order valence-corrected chi connectivity index (χ1v) is 9.75. The molecule has 2 aliphatic heterocycles. The zero-order chi connectivity index (χ0) is 19.7. The van der Waals surface area contributed by atoms with Crippen LogP contribution in [-0.4, -0.2) is 31.8 Å². The number of carbonyl (C=O) groups excluding carboxylic acids is 1. The quantitative estimate of drug-likeness (QED) is 0.819. The summed E-state index contributed by atoms with van der Waals surface area (Å²) in [6.07, 6.45) is 2.69. The predicted octanol–water partition coefficient (Wildman–Crippen LogP) is 3.65. The standard InChI is InChI=1S/C22H27N3O3/c1-24-19-12-17(20(27-2)13-18(19)14-28-22(24)26)11-16-9-6-10-25(23)21(16)15-7-4-3-5-8-15/h3-5,7-8,12-13,16,21H,6,9-11,14,23H2,1-2H3/t16-,21+/m0/s1. The number of amides is 1. The molecule has 2 aromatic rings. The first-order chi connectivity index (χ1) is 13.6. The molecule has 28 heavy (non-hydrogen) atoms. The Morgan fingerprint density at radius 2 is 2.04 bits per heavy atom. The van der Waals surface area contributed by atoms with Gasteiger partial charge in [0, 0.05) is 19.2 Å². The molecule has 2 atom stereocenters. The summed E-state index contributed by atoms with van der Waals surface area (Å²) in [6, 6.07) is 14.7. The molecule has 6 nitrogen and oxygen atoms in total. The highest BCUT2D eigenvalue weighted by molar-refractivity contribution is 5.90. The summed E-state index contributed by atoms with van der Waals surface area (Å²) in [5.74, 6) is 7.62. The molecule has 2 aliphatic rings. The number of nitrogens with two attached hydrogens (primary N) is 1. The van der Waals surface area contributed by atoms with Crippen LogP contribution in [0.25, 0.3) is 0 Å². The Hall–Kier alpha value is -2.57. The van der Waals surface area contributed by atoms with Crippen LogP contribution in [0, 0.1) is 5.92 Å². The van der Waals surface area contributed by atoms with E-state index < -0.39 is 0 Å². The molecule has 6 heteroatoms. The van der Waals surface area contributed by atoms with E-state index in [1.54, 1.807) is 19.1 Å². The second-order valence-electron chi connectivity index (χ2n) is 7.61. The van der Waals surface area contributed by atoms with Gasteiger partial charge in [-0.2, -0.15) is 0 Å². The molecule has 1 amide bonds. The molecule has 2 heterocycles. The van der Waals surface area contributed by atoms with Crippen LogP contribution in [0.3, 0.4) is 0 Å². The van der Waals surface area contributed by atoms with Crippen LogP contribution >= 0.6 is 0 Å². The van der Waals surface area contributed by atoms with Crippen molar-refractivity contribution in [3.8, 4) is 5.75 Å². The van der Waals surface area contributed by atoms with E-state index in [0.717, 1.165) is 48.4 Å². The van der Waals surface area contributed by atoms with Gasteiger partial charge < -0.3 is 9.47 Å². The lowest BCUT2D eigenvalue weighted by Gasteiger charge is -2.39. The van der Waals surface area contributed by atoms with Gasteiger partial charge in [0.2, 0.25) is 0 Å². The van der Waals surface area contributed by atoms with Crippen molar-refractivity contribution in [3.63, 3.8) is 0 Å². The zero-order valence-corrected chi connectivity index (χ0v) is 16.4. The van der Waals surface area contributed by atoms with Gasteiger partial charge >= 0.3 is 6.09 Å². The van der Waals surface area contributed by atoms with Gasteiger partial charge in [-0.3, -0.25) is 10.7 Å². The lowest BCUT2D eigenvalue weighted by molar-refractivity contribution is 0.0922. The monoisotopic (exact) mass is 381 g/mol. The Kier molecular flexibility index (Phi) is 5.24. The number of anilines is 1. The Morgan fingerprint density at radius 3 is 2.79 bits per heavy atom. The van der Waals surface area contributed by atoms with Crippen molar-refractivity contribution in [2.24, 2.45) is 11.8 Å². The van der Waals surface area contributed by atoms with E-state index >= 15 is 0 Å². The van der Waals surface area contributed by atoms with Gasteiger partial charge in [0.05, 0.1) is 18.8 Å². The normalized spacial score (nSPS) is 22.5. The molecule has 0 radical (unpaired) electrons. The van der Waals surface area contributed by atoms with Gasteiger partial charge in [-0.15, -0.1) is 0 Å². The van der Waals surface area contributed by atoms with Crippen molar-refractivity contribution in [1.82, 2.24) is 5.01 Å². The summed E-state index contributed by atoms with van der Waals surface area (Å²) in [5, 5.41) is 1.97. The summed E-state index contributed by atoms with van der Waals surface area (Å²) >= 11 is 0. The van der Waals surface area contributed by atoms with Crippen molar-refractivity contribution in [2.45, 2.75) is 31.9 Å². The third kappa shape index (κ3) is 3.45. The maximum absolute atomic E-state index is 11.9. The number of fused-ring (bicyclic) bond motifs is 1. The van der Waals surface area contributed by atoms with Gasteiger partial charge in [-0.1, -0.05) is 30.3 Å². The summed E-state index contributed by atoms with van der Waals surface area (Å²) in [4.78, 5) is 13.5. The Balaban J connectivity index is 1.68.